The average Bonchev–Trinajstić information content (AvgIpc) is 3.01. The van der Waals surface area contributed by atoms with E-state index in [0.717, 1.165) is 27.6 Å². The number of fused-ring (bicyclic) bond motifs is 1. The molecule has 0 fully saturated rings. The van der Waals surface area contributed by atoms with Gasteiger partial charge in [-0.2, -0.15) is 9.78 Å². The Kier molecular flexibility index (Phi) is 4.86. The molecule has 4 rings (SSSR count). The van der Waals surface area contributed by atoms with Crippen molar-refractivity contribution in [3.8, 4) is 5.82 Å². The van der Waals surface area contributed by atoms with Crippen LogP contribution in [0.3, 0.4) is 0 Å². The smallest absolute Gasteiger partial charge is 0.263 e. The van der Waals surface area contributed by atoms with Crippen molar-refractivity contribution in [1.29, 1.82) is 0 Å². The van der Waals surface area contributed by atoms with Gasteiger partial charge in [0.15, 0.2) is 5.82 Å². The van der Waals surface area contributed by atoms with Crippen molar-refractivity contribution in [2.24, 2.45) is 0 Å². The van der Waals surface area contributed by atoms with Crippen LogP contribution in [0.4, 0.5) is 5.82 Å². The third-order valence-corrected chi connectivity index (χ3v) is 6.66. The Labute approximate surface area is 176 Å². The molecule has 0 saturated carbocycles. The van der Waals surface area contributed by atoms with Crippen LogP contribution < -0.4 is 4.72 Å². The number of aryl methyl sites for hydroxylation is 5. The fraction of sp³-hybridized carbons (Fsp3) is 0.217. The zero-order chi connectivity index (χ0) is 21.6. The molecule has 7 heteroatoms. The van der Waals surface area contributed by atoms with E-state index in [1.54, 1.807) is 29.8 Å². The Morgan fingerprint density at radius 1 is 0.867 bits per heavy atom. The molecule has 0 amide bonds. The molecule has 0 spiro atoms. The van der Waals surface area contributed by atoms with Gasteiger partial charge in [0.05, 0.1) is 16.1 Å². The van der Waals surface area contributed by atoms with Gasteiger partial charge in [0, 0.05) is 11.5 Å². The Morgan fingerprint density at radius 2 is 1.63 bits per heavy atom. The lowest BCUT2D eigenvalue weighted by Crippen LogP contribution is -2.17. The third kappa shape index (κ3) is 3.57. The van der Waals surface area contributed by atoms with Crippen molar-refractivity contribution < 1.29 is 8.42 Å². The molecule has 0 atom stereocenters. The number of hydrogen-bond acceptors (Lipinski definition) is 4. The maximum Gasteiger partial charge on any atom is 0.263 e. The molecular formula is C23H24N4O2S. The fourth-order valence-corrected chi connectivity index (χ4v) is 4.95. The lowest BCUT2D eigenvalue weighted by molar-refractivity contribution is 0.600. The first kappa shape index (κ1) is 20.1. The van der Waals surface area contributed by atoms with Gasteiger partial charge in [0.2, 0.25) is 0 Å². The number of benzene rings is 2. The topological polar surface area (TPSA) is 76.9 Å². The first-order valence-corrected chi connectivity index (χ1v) is 11.2. The molecule has 0 unspecified atom stereocenters. The second-order valence-electron chi connectivity index (χ2n) is 7.73. The van der Waals surface area contributed by atoms with Gasteiger partial charge in [0.25, 0.3) is 10.0 Å². The minimum absolute atomic E-state index is 0.247. The second kappa shape index (κ2) is 7.25. The second-order valence-corrected chi connectivity index (χ2v) is 9.38. The summed E-state index contributed by atoms with van der Waals surface area (Å²) in [5.41, 5.74) is 5.38. The standard InChI is InChI=1S/C23H24N4O2S/c1-14-9-10-20(17(4)11-14)30(28,29)26-22-13-18(5)25-27(22)21-12-16(3)19-8-6-7-15(2)23(19)24-21/h6-13,26H,1-5H3. The quantitative estimate of drug-likeness (QED) is 0.516. The summed E-state index contributed by atoms with van der Waals surface area (Å²) >= 11 is 0. The van der Waals surface area contributed by atoms with E-state index < -0.39 is 10.0 Å². The van der Waals surface area contributed by atoms with Crippen molar-refractivity contribution in [3.05, 3.63) is 76.5 Å². The van der Waals surface area contributed by atoms with E-state index >= 15 is 0 Å². The number of nitrogens with zero attached hydrogens (tertiary/aromatic N) is 3. The molecule has 6 nitrogen and oxygen atoms in total. The van der Waals surface area contributed by atoms with Gasteiger partial charge in [-0.3, -0.25) is 4.72 Å². The molecule has 2 aromatic carbocycles. The van der Waals surface area contributed by atoms with Crippen LogP contribution in [0.25, 0.3) is 16.7 Å². The highest BCUT2D eigenvalue weighted by atomic mass is 32.2. The first-order valence-electron chi connectivity index (χ1n) is 9.70. The molecule has 0 aliphatic rings. The highest BCUT2D eigenvalue weighted by Crippen LogP contribution is 2.26. The highest BCUT2D eigenvalue weighted by Gasteiger charge is 2.21. The molecule has 0 aliphatic carbocycles. The lowest BCUT2D eigenvalue weighted by Gasteiger charge is -2.13. The number of rotatable bonds is 4. The van der Waals surface area contributed by atoms with Crippen LogP contribution >= 0.6 is 0 Å². The fourth-order valence-electron chi connectivity index (χ4n) is 3.69. The first-order chi connectivity index (χ1) is 14.2. The molecule has 30 heavy (non-hydrogen) atoms. The Morgan fingerprint density at radius 3 is 2.37 bits per heavy atom. The average molecular weight is 421 g/mol. The predicted octanol–water partition coefficient (Wildman–Crippen LogP) is 4.76. The van der Waals surface area contributed by atoms with Crippen LogP contribution in [0.2, 0.25) is 0 Å². The van der Waals surface area contributed by atoms with Crippen LogP contribution in [-0.2, 0) is 10.0 Å². The molecular weight excluding hydrogens is 396 g/mol. The number of sulfonamides is 1. The number of nitrogens with one attached hydrogen (secondary N) is 1. The minimum Gasteiger partial charge on any atom is -0.263 e. The molecule has 2 aromatic heterocycles. The predicted molar refractivity (Wildman–Crippen MR) is 120 cm³/mol. The number of pyridine rings is 1. The van der Waals surface area contributed by atoms with Crippen molar-refractivity contribution in [2.45, 2.75) is 39.5 Å². The molecule has 0 radical (unpaired) electrons. The van der Waals surface area contributed by atoms with Crippen LogP contribution in [-0.4, -0.2) is 23.2 Å². The van der Waals surface area contributed by atoms with Gasteiger partial charge in [-0.05, 0) is 63.4 Å². The van der Waals surface area contributed by atoms with Gasteiger partial charge >= 0.3 is 0 Å². The summed E-state index contributed by atoms with van der Waals surface area (Å²) in [7, 11) is -3.78. The van der Waals surface area contributed by atoms with Crippen molar-refractivity contribution >= 4 is 26.7 Å². The number of anilines is 1. The summed E-state index contributed by atoms with van der Waals surface area (Å²) < 4.78 is 30.4. The van der Waals surface area contributed by atoms with Crippen molar-refractivity contribution in [1.82, 2.24) is 14.8 Å². The van der Waals surface area contributed by atoms with Gasteiger partial charge in [-0.15, -0.1) is 0 Å². The van der Waals surface area contributed by atoms with Crippen molar-refractivity contribution in [3.63, 3.8) is 0 Å². The lowest BCUT2D eigenvalue weighted by atomic mass is 10.1. The van der Waals surface area contributed by atoms with Crippen LogP contribution in [0.15, 0.2) is 53.4 Å². The van der Waals surface area contributed by atoms with Gasteiger partial charge < -0.3 is 0 Å². The number of para-hydroxylation sites is 1. The maximum absolute atomic E-state index is 13.1. The highest BCUT2D eigenvalue weighted by molar-refractivity contribution is 7.92. The summed E-state index contributed by atoms with van der Waals surface area (Å²) in [6, 6.07) is 15.0. The van der Waals surface area contributed by atoms with E-state index in [9.17, 15) is 8.42 Å². The van der Waals surface area contributed by atoms with E-state index in [1.807, 2.05) is 58.0 Å². The van der Waals surface area contributed by atoms with E-state index in [1.165, 1.54) is 0 Å². The molecule has 4 aromatic rings. The molecule has 1 N–H and O–H groups in total. The summed E-state index contributed by atoms with van der Waals surface area (Å²) in [6.07, 6.45) is 0. The normalized spacial score (nSPS) is 11.8. The van der Waals surface area contributed by atoms with Crippen LogP contribution in [0, 0.1) is 34.6 Å². The Bertz CT molecular complexity index is 1390. The summed E-state index contributed by atoms with van der Waals surface area (Å²) in [4.78, 5) is 5.02. The molecule has 0 aliphatic heterocycles. The summed E-state index contributed by atoms with van der Waals surface area (Å²) in [5, 5.41) is 5.57. The molecule has 154 valence electrons. The Hall–Kier alpha value is -3.19. The Balaban J connectivity index is 1.82. The van der Waals surface area contributed by atoms with Crippen LogP contribution in [0.5, 0.6) is 0 Å². The van der Waals surface area contributed by atoms with Gasteiger partial charge in [-0.25, -0.2) is 13.4 Å². The summed E-state index contributed by atoms with van der Waals surface area (Å²) in [5.74, 6) is 0.924. The van der Waals surface area contributed by atoms with E-state index in [4.69, 9.17) is 4.98 Å². The SMILES string of the molecule is Cc1ccc(S(=O)(=O)Nc2cc(C)nn2-c2cc(C)c3cccc(C)c3n2)c(C)c1. The zero-order valence-electron chi connectivity index (χ0n) is 17.7. The number of aromatic nitrogens is 3. The van der Waals surface area contributed by atoms with Gasteiger partial charge in [0.1, 0.15) is 5.82 Å². The molecule has 2 heterocycles. The zero-order valence-corrected chi connectivity index (χ0v) is 18.5. The number of hydrogen-bond donors (Lipinski definition) is 1. The van der Waals surface area contributed by atoms with E-state index in [0.29, 0.717) is 22.9 Å². The van der Waals surface area contributed by atoms with E-state index in [-0.39, 0.29) is 4.90 Å². The minimum atomic E-state index is -3.78. The van der Waals surface area contributed by atoms with E-state index in [2.05, 4.69) is 9.82 Å². The van der Waals surface area contributed by atoms with Crippen molar-refractivity contribution in [2.75, 3.05) is 4.72 Å². The maximum atomic E-state index is 13.1. The largest absolute Gasteiger partial charge is 0.263 e. The summed E-state index contributed by atoms with van der Waals surface area (Å²) in [6.45, 7) is 9.58. The molecule has 0 saturated heterocycles. The van der Waals surface area contributed by atoms with Crippen LogP contribution in [0.1, 0.15) is 27.9 Å². The van der Waals surface area contributed by atoms with Gasteiger partial charge in [-0.1, -0.05) is 35.9 Å². The molecule has 0 bridgehead atoms. The monoisotopic (exact) mass is 420 g/mol. The third-order valence-electron chi connectivity index (χ3n) is 5.14.